The normalized spacial score (nSPS) is 29.5. The van der Waals surface area contributed by atoms with Gasteiger partial charge in [0.1, 0.15) is 11.9 Å². The van der Waals surface area contributed by atoms with E-state index in [4.69, 9.17) is 9.47 Å². The maximum absolute atomic E-state index is 13.9. The molecule has 3 heterocycles. The third-order valence-electron chi connectivity index (χ3n) is 10.2. The number of piperidine rings is 1. The van der Waals surface area contributed by atoms with Crippen LogP contribution >= 0.6 is 27.3 Å². The number of benzene rings is 1. The number of likely N-dealkylation sites (tertiary alicyclic amines) is 1. The first kappa shape index (κ1) is 28.4. The summed E-state index contributed by atoms with van der Waals surface area (Å²) in [5, 5.41) is 13.3. The van der Waals surface area contributed by atoms with Crippen LogP contribution in [0.1, 0.15) is 68.9 Å². The number of thiophene rings is 1. The minimum Gasteiger partial charge on any atom is -0.504 e. The molecule has 7 rings (SSSR count). The fourth-order valence-electron chi connectivity index (χ4n) is 8.52. The van der Waals surface area contributed by atoms with Gasteiger partial charge in [-0.2, -0.15) is 0 Å². The first-order valence-electron chi connectivity index (χ1n) is 15.4. The molecule has 1 aromatic carbocycles. The summed E-state index contributed by atoms with van der Waals surface area (Å²) in [7, 11) is 0. The molecule has 2 saturated carbocycles. The Bertz CT molecular complexity index is 1450. The van der Waals surface area contributed by atoms with Crippen molar-refractivity contribution >= 4 is 45.2 Å². The molecule has 9 heteroatoms. The smallest absolute Gasteiger partial charge is 0.308 e. The number of nitrogens with zero attached hydrogens (tertiary/aromatic N) is 2. The molecular weight excluding hydrogens is 616 g/mol. The average molecular weight is 656 g/mol. The maximum Gasteiger partial charge on any atom is 0.308 e. The lowest BCUT2D eigenvalue weighted by Gasteiger charge is -2.60. The lowest BCUT2D eigenvalue weighted by Crippen LogP contribution is -2.69. The number of ether oxygens (including phenoxy) is 2. The fourth-order valence-corrected chi connectivity index (χ4v) is 9.86. The molecule has 2 aliphatic heterocycles. The van der Waals surface area contributed by atoms with Crippen LogP contribution in [0.3, 0.4) is 0 Å². The monoisotopic (exact) mass is 654 g/mol. The number of halogens is 1. The van der Waals surface area contributed by atoms with Crippen LogP contribution in [0.5, 0.6) is 17.2 Å². The predicted octanol–water partition coefficient (Wildman–Crippen LogP) is 6.16. The highest BCUT2D eigenvalue weighted by Gasteiger charge is 2.67. The zero-order valence-corrected chi connectivity index (χ0v) is 26.9. The molecule has 2 aromatic rings. The minimum absolute atomic E-state index is 0.00351. The van der Waals surface area contributed by atoms with Gasteiger partial charge in [0.2, 0.25) is 5.91 Å². The Morgan fingerprint density at radius 3 is 2.79 bits per heavy atom. The van der Waals surface area contributed by atoms with Gasteiger partial charge in [-0.1, -0.05) is 13.8 Å². The van der Waals surface area contributed by atoms with Crippen molar-refractivity contribution in [2.45, 2.75) is 82.9 Å². The number of aromatic hydroxyl groups is 1. The SMILES string of the molecule is CC(=O)Oc1cc(O)c2c3c1C[C@@H]1[C@@H]4CC[C@@H](N(CC(C)C)C(=O)/C=C/c5cc(Br)cs5)[C@H](O2)[C@]34CCN1CC1CC1. The molecule has 5 atom stereocenters. The summed E-state index contributed by atoms with van der Waals surface area (Å²) in [6.07, 6.45) is 9.52. The van der Waals surface area contributed by atoms with Gasteiger partial charge in [0.25, 0.3) is 0 Å². The van der Waals surface area contributed by atoms with Crippen molar-refractivity contribution < 1.29 is 24.2 Å². The van der Waals surface area contributed by atoms with E-state index in [-0.39, 0.29) is 41.1 Å². The summed E-state index contributed by atoms with van der Waals surface area (Å²) >= 11 is 5.11. The first-order valence-corrected chi connectivity index (χ1v) is 17.0. The van der Waals surface area contributed by atoms with Gasteiger partial charge < -0.3 is 19.5 Å². The Labute approximate surface area is 260 Å². The molecule has 42 heavy (non-hydrogen) atoms. The van der Waals surface area contributed by atoms with E-state index in [2.05, 4.69) is 34.7 Å². The third-order valence-corrected chi connectivity index (χ3v) is 11.8. The zero-order chi connectivity index (χ0) is 29.3. The second-order valence-electron chi connectivity index (χ2n) is 13.3. The van der Waals surface area contributed by atoms with Crippen LogP contribution in [-0.4, -0.2) is 64.6 Å². The van der Waals surface area contributed by atoms with Crippen LogP contribution in [0.4, 0.5) is 0 Å². The van der Waals surface area contributed by atoms with Crippen molar-refractivity contribution in [1.82, 2.24) is 9.80 Å². The third kappa shape index (κ3) is 4.70. The summed E-state index contributed by atoms with van der Waals surface area (Å²) < 4.78 is 13.6. The number of hydrogen-bond donors (Lipinski definition) is 1. The number of esters is 1. The van der Waals surface area contributed by atoms with Crippen LogP contribution in [0.15, 0.2) is 28.1 Å². The second-order valence-corrected chi connectivity index (χ2v) is 15.2. The Hall–Kier alpha value is -2.36. The van der Waals surface area contributed by atoms with Crippen LogP contribution in [0.25, 0.3) is 6.08 Å². The molecular formula is C33H39BrN2O5S. The number of rotatable bonds is 8. The van der Waals surface area contributed by atoms with Crippen LogP contribution < -0.4 is 9.47 Å². The van der Waals surface area contributed by atoms with E-state index in [0.29, 0.717) is 30.0 Å². The highest BCUT2D eigenvalue weighted by Crippen LogP contribution is 2.66. The molecule has 0 unspecified atom stereocenters. The Balaban J connectivity index is 1.30. The van der Waals surface area contributed by atoms with E-state index in [1.54, 1.807) is 23.5 Å². The van der Waals surface area contributed by atoms with E-state index in [1.807, 2.05) is 22.4 Å². The van der Waals surface area contributed by atoms with Crippen molar-refractivity contribution in [3.63, 3.8) is 0 Å². The molecule has 0 radical (unpaired) electrons. The predicted molar refractivity (Wildman–Crippen MR) is 166 cm³/mol. The van der Waals surface area contributed by atoms with E-state index < -0.39 is 0 Å². The number of phenolic OH excluding ortho intramolecular Hbond substituents is 1. The number of carbonyl (C=O) groups excluding carboxylic acids is 2. The first-order chi connectivity index (χ1) is 20.2. The molecule has 2 bridgehead atoms. The minimum atomic E-state index is -0.388. The number of carbonyl (C=O) groups is 2. The zero-order valence-electron chi connectivity index (χ0n) is 24.5. The van der Waals surface area contributed by atoms with Crippen molar-refractivity contribution in [1.29, 1.82) is 0 Å². The van der Waals surface area contributed by atoms with Gasteiger partial charge in [-0.25, -0.2) is 0 Å². The standard InChI is InChI=1S/C33H39BrN2O5S/c1-18(2)15-36(29(39)9-6-22-12-21(34)17-42-22)25-8-7-24-26-13-23-28(40-19(3)37)14-27(38)31-30(23)33(24,32(25)41-31)10-11-35(26)16-20-4-5-20/h6,9,12,14,17-18,20,24-26,32,38H,4-5,7-8,10-11,13,15-16H2,1-3H3/b9-6+/t24-,25+,26+,32-,33-/m0/s1. The van der Waals surface area contributed by atoms with Crippen LogP contribution in [-0.2, 0) is 21.4 Å². The molecule has 1 aromatic heterocycles. The number of amides is 1. The van der Waals surface area contributed by atoms with E-state index >= 15 is 0 Å². The van der Waals surface area contributed by atoms with Crippen molar-refractivity contribution in [3.8, 4) is 17.2 Å². The van der Waals surface area contributed by atoms with Gasteiger partial charge >= 0.3 is 5.97 Å². The Kier molecular flexibility index (Phi) is 7.22. The Morgan fingerprint density at radius 1 is 1.29 bits per heavy atom. The largest absolute Gasteiger partial charge is 0.504 e. The lowest BCUT2D eigenvalue weighted by molar-refractivity contribution is -0.139. The number of phenols is 1. The van der Waals surface area contributed by atoms with Gasteiger partial charge in [-0.05, 0) is 90.9 Å². The molecule has 1 N–H and O–H groups in total. The molecule has 5 aliphatic rings. The average Bonchev–Trinajstić information content (AvgIpc) is 3.55. The summed E-state index contributed by atoms with van der Waals surface area (Å²) in [4.78, 5) is 31.8. The number of hydrogen-bond acceptors (Lipinski definition) is 7. The van der Waals surface area contributed by atoms with Crippen LogP contribution in [0, 0.1) is 17.8 Å². The van der Waals surface area contributed by atoms with Gasteiger partial charge in [0.05, 0.1) is 6.04 Å². The molecule has 224 valence electrons. The lowest BCUT2D eigenvalue weighted by atomic mass is 9.50. The summed E-state index contributed by atoms with van der Waals surface area (Å²) in [5.41, 5.74) is 1.71. The highest BCUT2D eigenvalue weighted by molar-refractivity contribution is 9.10. The van der Waals surface area contributed by atoms with Gasteiger partial charge in [-0.15, -0.1) is 11.3 Å². The summed E-state index contributed by atoms with van der Waals surface area (Å²) in [6.45, 7) is 8.44. The highest BCUT2D eigenvalue weighted by atomic mass is 79.9. The topological polar surface area (TPSA) is 79.3 Å². The van der Waals surface area contributed by atoms with Crippen LogP contribution in [0.2, 0.25) is 0 Å². The van der Waals surface area contributed by atoms with Crippen molar-refractivity contribution in [3.05, 3.63) is 44.1 Å². The van der Waals surface area contributed by atoms with E-state index in [1.165, 1.54) is 19.8 Å². The second kappa shape index (κ2) is 10.7. The molecule has 7 nitrogen and oxygen atoms in total. The molecule has 1 spiro atoms. The van der Waals surface area contributed by atoms with Gasteiger partial charge in [0.15, 0.2) is 11.5 Å². The fraction of sp³-hybridized carbons (Fsp3) is 0.576. The molecule has 1 saturated heterocycles. The summed E-state index contributed by atoms with van der Waals surface area (Å²) in [6, 6.07) is 3.79. The molecule has 3 fully saturated rings. The molecule has 3 aliphatic carbocycles. The Morgan fingerprint density at radius 2 is 2.10 bits per heavy atom. The quantitative estimate of drug-likeness (QED) is 0.209. The van der Waals surface area contributed by atoms with Crippen molar-refractivity contribution in [2.24, 2.45) is 17.8 Å². The van der Waals surface area contributed by atoms with Gasteiger partial charge in [-0.3, -0.25) is 14.5 Å². The van der Waals surface area contributed by atoms with E-state index in [9.17, 15) is 14.7 Å². The maximum atomic E-state index is 13.9. The van der Waals surface area contributed by atoms with Gasteiger partial charge in [0, 0.05) is 69.5 Å². The summed E-state index contributed by atoms with van der Waals surface area (Å²) in [5.74, 6) is 2.06. The molecule has 1 amide bonds. The van der Waals surface area contributed by atoms with E-state index in [0.717, 1.165) is 65.2 Å². The van der Waals surface area contributed by atoms with Crippen molar-refractivity contribution in [2.75, 3.05) is 19.6 Å².